The molecule has 0 spiro atoms. The molecule has 2 aromatic rings. The maximum Gasteiger partial charge on any atom is 0.151 e. The third-order valence-electron chi connectivity index (χ3n) is 3.07. The fraction of sp³-hybridized carbons (Fsp3) is 0.455. The molecule has 5 nitrogen and oxygen atoms in total. The number of nitrogens with zero attached hydrogens (tertiary/aromatic N) is 3. The van der Waals surface area contributed by atoms with Crippen molar-refractivity contribution in [1.82, 2.24) is 14.6 Å². The molecular formula is C11H14N4O. The van der Waals surface area contributed by atoms with Crippen LogP contribution in [0.15, 0.2) is 18.5 Å². The molecule has 5 heteroatoms. The topological polar surface area (TPSA) is 65.4 Å². The Morgan fingerprint density at radius 3 is 3.06 bits per heavy atom. The van der Waals surface area contributed by atoms with Crippen LogP contribution in [0.4, 0.5) is 5.82 Å². The van der Waals surface area contributed by atoms with Gasteiger partial charge in [-0.1, -0.05) is 0 Å². The Kier molecular flexibility index (Phi) is 2.07. The number of hydrogen-bond donors (Lipinski definition) is 1. The monoisotopic (exact) mass is 218 g/mol. The summed E-state index contributed by atoms with van der Waals surface area (Å²) in [4.78, 5) is 3.97. The van der Waals surface area contributed by atoms with Crippen molar-refractivity contribution in [3.63, 3.8) is 0 Å². The molecule has 0 amide bonds. The standard InChI is InChI=1S/C11H14N4O/c1-7-2-5-10(16-7)8-3-4-9-11(12)13-6-14-15(8)9/h3-4,6-7,10H,2,5H2,1H3,(H2,12,13,14). The smallest absolute Gasteiger partial charge is 0.151 e. The Labute approximate surface area is 93.2 Å². The summed E-state index contributed by atoms with van der Waals surface area (Å²) in [6.07, 6.45) is 4.07. The van der Waals surface area contributed by atoms with Crippen molar-refractivity contribution in [2.45, 2.75) is 32.0 Å². The Hall–Kier alpha value is -1.62. The molecule has 1 aliphatic heterocycles. The highest BCUT2D eigenvalue weighted by Crippen LogP contribution is 2.33. The molecule has 0 saturated carbocycles. The van der Waals surface area contributed by atoms with Gasteiger partial charge in [0, 0.05) is 0 Å². The third-order valence-corrected chi connectivity index (χ3v) is 3.07. The predicted octanol–water partition coefficient (Wildman–Crippen LogP) is 1.55. The van der Waals surface area contributed by atoms with Crippen LogP contribution in [-0.4, -0.2) is 20.7 Å². The molecule has 2 unspecified atom stereocenters. The lowest BCUT2D eigenvalue weighted by molar-refractivity contribution is 0.0520. The lowest BCUT2D eigenvalue weighted by Crippen LogP contribution is -2.07. The van der Waals surface area contributed by atoms with Crippen molar-refractivity contribution in [3.05, 3.63) is 24.2 Å². The van der Waals surface area contributed by atoms with E-state index in [1.165, 1.54) is 6.33 Å². The van der Waals surface area contributed by atoms with Gasteiger partial charge in [-0.3, -0.25) is 0 Å². The summed E-state index contributed by atoms with van der Waals surface area (Å²) in [6, 6.07) is 3.96. The van der Waals surface area contributed by atoms with E-state index in [2.05, 4.69) is 17.0 Å². The number of nitrogen functional groups attached to an aromatic ring is 1. The van der Waals surface area contributed by atoms with E-state index in [9.17, 15) is 0 Å². The molecule has 1 fully saturated rings. The van der Waals surface area contributed by atoms with Gasteiger partial charge in [0.1, 0.15) is 11.8 Å². The largest absolute Gasteiger partial charge is 0.382 e. The highest BCUT2D eigenvalue weighted by atomic mass is 16.5. The number of anilines is 1. The van der Waals surface area contributed by atoms with Gasteiger partial charge < -0.3 is 10.5 Å². The summed E-state index contributed by atoms with van der Waals surface area (Å²) in [5.74, 6) is 0.507. The number of rotatable bonds is 1. The van der Waals surface area contributed by atoms with Crippen molar-refractivity contribution in [1.29, 1.82) is 0 Å². The SMILES string of the molecule is CC1CCC(c2ccc3c(N)ncnn23)O1. The van der Waals surface area contributed by atoms with Gasteiger partial charge in [0.2, 0.25) is 0 Å². The molecule has 2 N–H and O–H groups in total. The summed E-state index contributed by atoms with van der Waals surface area (Å²) in [7, 11) is 0. The minimum Gasteiger partial charge on any atom is -0.382 e. The van der Waals surface area contributed by atoms with E-state index in [1.807, 2.05) is 16.6 Å². The van der Waals surface area contributed by atoms with Crippen LogP contribution in [0.25, 0.3) is 5.52 Å². The quantitative estimate of drug-likeness (QED) is 0.788. The lowest BCUT2D eigenvalue weighted by Gasteiger charge is -2.10. The van der Waals surface area contributed by atoms with Crippen molar-refractivity contribution in [2.24, 2.45) is 0 Å². The van der Waals surface area contributed by atoms with Gasteiger partial charge in [-0.05, 0) is 31.9 Å². The minimum atomic E-state index is 0.131. The van der Waals surface area contributed by atoms with Gasteiger partial charge in [0.25, 0.3) is 0 Å². The van der Waals surface area contributed by atoms with Crippen LogP contribution in [-0.2, 0) is 4.74 Å². The Morgan fingerprint density at radius 1 is 1.44 bits per heavy atom. The van der Waals surface area contributed by atoms with E-state index >= 15 is 0 Å². The van der Waals surface area contributed by atoms with Crippen LogP contribution < -0.4 is 5.73 Å². The van der Waals surface area contributed by atoms with E-state index in [0.717, 1.165) is 24.1 Å². The van der Waals surface area contributed by atoms with Gasteiger partial charge >= 0.3 is 0 Å². The molecule has 3 heterocycles. The summed E-state index contributed by atoms with van der Waals surface area (Å²) in [6.45, 7) is 2.10. The lowest BCUT2D eigenvalue weighted by atomic mass is 10.1. The number of fused-ring (bicyclic) bond motifs is 1. The number of hydrogen-bond acceptors (Lipinski definition) is 4. The Morgan fingerprint density at radius 2 is 2.31 bits per heavy atom. The maximum atomic E-state index is 5.83. The molecule has 0 radical (unpaired) electrons. The van der Waals surface area contributed by atoms with E-state index in [0.29, 0.717) is 11.9 Å². The molecule has 2 aromatic heterocycles. The van der Waals surface area contributed by atoms with Crippen LogP contribution >= 0.6 is 0 Å². The van der Waals surface area contributed by atoms with Crippen molar-refractivity contribution >= 4 is 11.3 Å². The third kappa shape index (κ3) is 1.36. The second-order valence-corrected chi connectivity index (χ2v) is 4.21. The zero-order valence-electron chi connectivity index (χ0n) is 9.13. The zero-order chi connectivity index (χ0) is 11.1. The molecule has 1 saturated heterocycles. The number of aromatic nitrogens is 3. The van der Waals surface area contributed by atoms with Crippen molar-refractivity contribution in [2.75, 3.05) is 5.73 Å². The van der Waals surface area contributed by atoms with E-state index in [1.54, 1.807) is 0 Å². The molecule has 84 valence electrons. The van der Waals surface area contributed by atoms with E-state index in [4.69, 9.17) is 10.5 Å². The van der Waals surface area contributed by atoms with Gasteiger partial charge in [-0.2, -0.15) is 5.10 Å². The molecule has 2 atom stereocenters. The first kappa shape index (κ1) is 9.59. The summed E-state index contributed by atoms with van der Waals surface area (Å²) in [5, 5.41) is 4.22. The summed E-state index contributed by atoms with van der Waals surface area (Å²) in [5.41, 5.74) is 7.69. The molecule has 0 bridgehead atoms. The van der Waals surface area contributed by atoms with Crippen LogP contribution in [0.5, 0.6) is 0 Å². The second kappa shape index (κ2) is 3.45. The highest BCUT2D eigenvalue weighted by molar-refractivity contribution is 5.65. The molecule has 0 aromatic carbocycles. The van der Waals surface area contributed by atoms with Gasteiger partial charge in [-0.25, -0.2) is 9.50 Å². The van der Waals surface area contributed by atoms with E-state index < -0.39 is 0 Å². The van der Waals surface area contributed by atoms with Gasteiger partial charge in [0.15, 0.2) is 5.82 Å². The highest BCUT2D eigenvalue weighted by Gasteiger charge is 2.26. The molecule has 0 aliphatic carbocycles. The fourth-order valence-corrected chi connectivity index (χ4v) is 2.24. The second-order valence-electron chi connectivity index (χ2n) is 4.21. The minimum absolute atomic E-state index is 0.131. The van der Waals surface area contributed by atoms with Crippen LogP contribution in [0, 0.1) is 0 Å². The molecule has 3 rings (SSSR count). The Bertz CT molecular complexity index is 522. The zero-order valence-corrected chi connectivity index (χ0v) is 9.13. The van der Waals surface area contributed by atoms with Crippen LogP contribution in [0.1, 0.15) is 31.6 Å². The van der Waals surface area contributed by atoms with Crippen LogP contribution in [0.2, 0.25) is 0 Å². The first-order chi connectivity index (χ1) is 7.75. The van der Waals surface area contributed by atoms with Crippen LogP contribution in [0.3, 0.4) is 0 Å². The maximum absolute atomic E-state index is 5.83. The van der Waals surface area contributed by atoms with Gasteiger partial charge in [0.05, 0.1) is 17.9 Å². The fourth-order valence-electron chi connectivity index (χ4n) is 2.24. The first-order valence-electron chi connectivity index (χ1n) is 5.49. The average molecular weight is 218 g/mol. The molecule has 1 aliphatic rings. The van der Waals surface area contributed by atoms with E-state index in [-0.39, 0.29) is 6.10 Å². The van der Waals surface area contributed by atoms with Gasteiger partial charge in [-0.15, -0.1) is 0 Å². The first-order valence-corrected chi connectivity index (χ1v) is 5.49. The normalized spacial score (nSPS) is 25.3. The number of nitrogens with two attached hydrogens (primary N) is 1. The summed E-state index contributed by atoms with van der Waals surface area (Å²) < 4.78 is 7.66. The molecule has 16 heavy (non-hydrogen) atoms. The number of ether oxygens (including phenoxy) is 1. The van der Waals surface area contributed by atoms with Crippen molar-refractivity contribution < 1.29 is 4.74 Å². The Balaban J connectivity index is 2.08. The van der Waals surface area contributed by atoms with Crippen molar-refractivity contribution in [3.8, 4) is 0 Å². The molecular weight excluding hydrogens is 204 g/mol. The predicted molar refractivity (Wildman–Crippen MR) is 59.9 cm³/mol. The summed E-state index contributed by atoms with van der Waals surface area (Å²) >= 11 is 0. The average Bonchev–Trinajstić information content (AvgIpc) is 2.84.